The number of carbonyl (C=O) groups excluding carboxylic acids is 3. The lowest BCUT2D eigenvalue weighted by Crippen LogP contribution is -2.47. The van der Waals surface area contributed by atoms with Crippen molar-refractivity contribution in [2.75, 3.05) is 31.5 Å². The molecule has 0 aliphatic rings. The fourth-order valence-corrected chi connectivity index (χ4v) is 3.92. The molecule has 0 radical (unpaired) electrons. The number of hydrogen-bond acceptors (Lipinski definition) is 5. The highest BCUT2D eigenvalue weighted by atomic mass is 16.5. The average Bonchev–Trinajstić information content (AvgIpc) is 2.96. The quantitative estimate of drug-likeness (QED) is 0.198. The van der Waals surface area contributed by atoms with Crippen LogP contribution in [0.2, 0.25) is 0 Å². The summed E-state index contributed by atoms with van der Waals surface area (Å²) < 4.78 is 5.81. The number of carbonyl (C=O) groups is 3. The van der Waals surface area contributed by atoms with Gasteiger partial charge in [0.2, 0.25) is 5.91 Å². The molecule has 3 aromatic rings. The van der Waals surface area contributed by atoms with E-state index in [2.05, 4.69) is 5.32 Å². The molecule has 0 saturated carbocycles. The molecule has 9 heteroatoms. The molecule has 3 rings (SSSR count). The maximum atomic E-state index is 13.3. The van der Waals surface area contributed by atoms with Crippen molar-refractivity contribution in [2.45, 2.75) is 32.6 Å². The molecule has 0 unspecified atom stereocenters. The van der Waals surface area contributed by atoms with E-state index in [1.165, 1.54) is 9.80 Å². The molecule has 0 bridgehead atoms. The van der Waals surface area contributed by atoms with Crippen molar-refractivity contribution in [2.24, 2.45) is 0 Å². The predicted molar refractivity (Wildman–Crippen MR) is 150 cm³/mol. The van der Waals surface area contributed by atoms with Crippen LogP contribution in [-0.4, -0.2) is 59.0 Å². The molecule has 0 aliphatic carbocycles. The van der Waals surface area contributed by atoms with Crippen LogP contribution in [0.1, 0.15) is 31.7 Å². The van der Waals surface area contributed by atoms with Crippen molar-refractivity contribution < 1.29 is 24.3 Å². The Morgan fingerprint density at radius 1 is 0.769 bits per heavy atom. The minimum absolute atomic E-state index is 0.196. The molecule has 0 spiro atoms. The van der Waals surface area contributed by atoms with Crippen molar-refractivity contribution in [1.29, 1.82) is 0 Å². The van der Waals surface area contributed by atoms with Crippen LogP contribution < -0.4 is 15.5 Å². The number of hydroxylamine groups is 1. The zero-order valence-electron chi connectivity index (χ0n) is 22.2. The Morgan fingerprint density at radius 2 is 1.38 bits per heavy atom. The summed E-state index contributed by atoms with van der Waals surface area (Å²) >= 11 is 0. The van der Waals surface area contributed by atoms with Gasteiger partial charge in [-0.15, -0.1) is 0 Å². The number of hydrogen-bond donors (Lipinski definition) is 3. The number of anilines is 1. The van der Waals surface area contributed by atoms with E-state index in [1.807, 2.05) is 67.6 Å². The number of ether oxygens (including phenoxy) is 1. The highest BCUT2D eigenvalue weighted by Gasteiger charge is 2.23. The van der Waals surface area contributed by atoms with Gasteiger partial charge in [0, 0.05) is 18.8 Å². The standard InChI is InChI=1S/C30H36N4O5/c1-2-3-20-33(22-28(35)32-38)29(36)23-34(21-10-13-24-11-6-4-7-12-24)30(37)31-25-16-18-27(19-17-25)39-26-14-8-5-9-15-26/h4-9,11-12,14-19,38H,2-3,10,13,20-23H2,1H3,(H,31,37)(H,32,35). The molecule has 0 saturated heterocycles. The molecule has 206 valence electrons. The van der Waals surface area contributed by atoms with E-state index in [-0.39, 0.29) is 19.0 Å². The summed E-state index contributed by atoms with van der Waals surface area (Å²) in [5.74, 6) is 0.286. The fourth-order valence-electron chi connectivity index (χ4n) is 3.92. The molecule has 3 aromatic carbocycles. The van der Waals surface area contributed by atoms with Crippen molar-refractivity contribution in [3.05, 3.63) is 90.5 Å². The van der Waals surface area contributed by atoms with Gasteiger partial charge < -0.3 is 19.9 Å². The van der Waals surface area contributed by atoms with Gasteiger partial charge in [-0.05, 0) is 61.2 Å². The zero-order valence-corrected chi connectivity index (χ0v) is 22.2. The Hall–Kier alpha value is -4.37. The van der Waals surface area contributed by atoms with Gasteiger partial charge in [0.15, 0.2) is 0 Å². The first-order chi connectivity index (χ1) is 19.0. The number of amides is 4. The second-order valence-corrected chi connectivity index (χ2v) is 9.08. The molecule has 3 N–H and O–H groups in total. The van der Waals surface area contributed by atoms with Gasteiger partial charge in [0.1, 0.15) is 24.6 Å². The molecule has 9 nitrogen and oxygen atoms in total. The number of aryl methyl sites for hydroxylation is 1. The molecular formula is C30H36N4O5. The Bertz CT molecular complexity index is 1170. The number of unbranched alkanes of at least 4 members (excludes halogenated alkanes) is 1. The van der Waals surface area contributed by atoms with Crippen LogP contribution in [0.4, 0.5) is 10.5 Å². The van der Waals surface area contributed by atoms with Crippen LogP contribution in [0.5, 0.6) is 11.5 Å². The van der Waals surface area contributed by atoms with Gasteiger partial charge >= 0.3 is 6.03 Å². The molecule has 39 heavy (non-hydrogen) atoms. The van der Waals surface area contributed by atoms with Crippen LogP contribution in [0.15, 0.2) is 84.9 Å². The molecule has 0 aliphatic heterocycles. The van der Waals surface area contributed by atoms with Gasteiger partial charge in [0.05, 0.1) is 0 Å². The first kappa shape index (κ1) is 29.2. The molecule has 0 atom stereocenters. The zero-order chi connectivity index (χ0) is 27.9. The summed E-state index contributed by atoms with van der Waals surface area (Å²) in [5.41, 5.74) is 3.27. The monoisotopic (exact) mass is 532 g/mol. The number of para-hydroxylation sites is 1. The number of nitrogens with zero attached hydrogens (tertiary/aromatic N) is 2. The Balaban J connectivity index is 1.67. The molecule has 0 fully saturated rings. The fraction of sp³-hybridized carbons (Fsp3) is 0.300. The summed E-state index contributed by atoms with van der Waals surface area (Å²) in [7, 11) is 0. The SMILES string of the molecule is CCCCN(CC(=O)NO)C(=O)CN(CCCc1ccccc1)C(=O)Nc1ccc(Oc2ccccc2)cc1. The number of rotatable bonds is 14. The third-order valence-electron chi connectivity index (χ3n) is 6.03. The van der Waals surface area contributed by atoms with E-state index < -0.39 is 11.9 Å². The smallest absolute Gasteiger partial charge is 0.322 e. The predicted octanol–water partition coefficient (Wildman–Crippen LogP) is 5.08. The van der Waals surface area contributed by atoms with Crippen LogP contribution in [-0.2, 0) is 16.0 Å². The van der Waals surface area contributed by atoms with Gasteiger partial charge in [0.25, 0.3) is 5.91 Å². The van der Waals surface area contributed by atoms with E-state index in [0.717, 1.165) is 18.4 Å². The minimum Gasteiger partial charge on any atom is -0.457 e. The Morgan fingerprint density at radius 3 is 2.03 bits per heavy atom. The highest BCUT2D eigenvalue weighted by molar-refractivity contribution is 5.93. The second kappa shape index (κ2) is 15.8. The van der Waals surface area contributed by atoms with Gasteiger partial charge in [-0.1, -0.05) is 61.9 Å². The van der Waals surface area contributed by atoms with Gasteiger partial charge in [-0.2, -0.15) is 0 Å². The van der Waals surface area contributed by atoms with Gasteiger partial charge in [-0.25, -0.2) is 10.3 Å². The molecule has 0 heterocycles. The van der Waals surface area contributed by atoms with Crippen LogP contribution in [0, 0.1) is 0 Å². The largest absolute Gasteiger partial charge is 0.457 e. The van der Waals surface area contributed by atoms with Crippen molar-refractivity contribution >= 4 is 23.5 Å². The normalized spacial score (nSPS) is 10.4. The summed E-state index contributed by atoms with van der Waals surface area (Å²) in [6, 6.07) is 25.9. The molecule has 0 aromatic heterocycles. The van der Waals surface area contributed by atoms with Crippen LogP contribution >= 0.6 is 0 Å². The lowest BCUT2D eigenvalue weighted by Gasteiger charge is -2.27. The first-order valence-electron chi connectivity index (χ1n) is 13.1. The van der Waals surface area contributed by atoms with Crippen molar-refractivity contribution in [3.8, 4) is 11.5 Å². The number of nitrogens with one attached hydrogen (secondary N) is 2. The van der Waals surface area contributed by atoms with E-state index in [0.29, 0.717) is 43.1 Å². The Kier molecular flexibility index (Phi) is 11.8. The Labute approximate surface area is 229 Å². The van der Waals surface area contributed by atoms with E-state index in [1.54, 1.807) is 29.7 Å². The third-order valence-corrected chi connectivity index (χ3v) is 6.03. The lowest BCUT2D eigenvalue weighted by atomic mass is 10.1. The lowest BCUT2D eigenvalue weighted by molar-refractivity contribution is -0.139. The first-order valence-corrected chi connectivity index (χ1v) is 13.1. The van der Waals surface area contributed by atoms with E-state index in [9.17, 15) is 14.4 Å². The summed E-state index contributed by atoms with van der Waals surface area (Å²) in [6.07, 6.45) is 2.93. The highest BCUT2D eigenvalue weighted by Crippen LogP contribution is 2.23. The van der Waals surface area contributed by atoms with Crippen LogP contribution in [0.25, 0.3) is 0 Å². The van der Waals surface area contributed by atoms with Crippen molar-refractivity contribution in [1.82, 2.24) is 15.3 Å². The summed E-state index contributed by atoms with van der Waals surface area (Å²) in [5, 5.41) is 11.8. The minimum atomic E-state index is -0.683. The second-order valence-electron chi connectivity index (χ2n) is 9.08. The van der Waals surface area contributed by atoms with Crippen molar-refractivity contribution in [3.63, 3.8) is 0 Å². The molecular weight excluding hydrogens is 496 g/mol. The maximum Gasteiger partial charge on any atom is 0.322 e. The number of urea groups is 1. The third kappa shape index (κ3) is 10.1. The topological polar surface area (TPSA) is 111 Å². The summed E-state index contributed by atoms with van der Waals surface area (Å²) in [6.45, 7) is 2.20. The molecule has 4 amide bonds. The van der Waals surface area contributed by atoms with Gasteiger partial charge in [-0.3, -0.25) is 14.8 Å². The number of benzene rings is 3. The van der Waals surface area contributed by atoms with Crippen LogP contribution in [0.3, 0.4) is 0 Å². The average molecular weight is 533 g/mol. The maximum absolute atomic E-state index is 13.3. The van der Waals surface area contributed by atoms with E-state index in [4.69, 9.17) is 9.94 Å². The summed E-state index contributed by atoms with van der Waals surface area (Å²) in [4.78, 5) is 41.0. The van der Waals surface area contributed by atoms with E-state index >= 15 is 0 Å².